The van der Waals surface area contributed by atoms with Gasteiger partial charge in [0.25, 0.3) is 5.56 Å². The van der Waals surface area contributed by atoms with E-state index in [-0.39, 0.29) is 5.56 Å². The highest BCUT2D eigenvalue weighted by molar-refractivity contribution is 6.30. The van der Waals surface area contributed by atoms with Gasteiger partial charge in [0.05, 0.1) is 11.1 Å². The minimum Gasteiger partial charge on any atom is -0.268 e. The monoisotopic (exact) mass is 449 g/mol. The van der Waals surface area contributed by atoms with Gasteiger partial charge in [-0.25, -0.2) is 14.5 Å². The summed E-state index contributed by atoms with van der Waals surface area (Å²) in [7, 11) is 0. The maximum Gasteiger partial charge on any atom is 0.270 e. The molecule has 0 saturated heterocycles. The molecule has 7 heteroatoms. The summed E-state index contributed by atoms with van der Waals surface area (Å²) in [5.41, 5.74) is 4.19. The Bertz CT molecular complexity index is 1670. The lowest BCUT2D eigenvalue weighted by Gasteiger charge is -2.10. The van der Waals surface area contributed by atoms with Crippen LogP contribution in [0.5, 0.6) is 0 Å². The highest BCUT2D eigenvalue weighted by atomic mass is 35.5. The fourth-order valence-electron chi connectivity index (χ4n) is 4.00. The number of halogens is 1. The molecule has 33 heavy (non-hydrogen) atoms. The lowest BCUT2D eigenvalue weighted by atomic mass is 10.0. The van der Waals surface area contributed by atoms with Crippen molar-refractivity contribution in [3.8, 4) is 33.8 Å². The fraction of sp³-hybridized carbons (Fsp3) is 0. The summed E-state index contributed by atoms with van der Waals surface area (Å²) in [5.74, 6) is 0.838. The molecule has 0 radical (unpaired) electrons. The van der Waals surface area contributed by atoms with Crippen molar-refractivity contribution in [1.29, 1.82) is 0 Å². The summed E-state index contributed by atoms with van der Waals surface area (Å²) in [6.45, 7) is 0. The van der Waals surface area contributed by atoms with E-state index in [1.54, 1.807) is 0 Å². The smallest absolute Gasteiger partial charge is 0.268 e. The molecule has 0 spiro atoms. The average Bonchev–Trinajstić information content (AvgIpc) is 3.29. The van der Waals surface area contributed by atoms with Crippen LogP contribution in [0, 0.1) is 0 Å². The van der Waals surface area contributed by atoms with E-state index in [0.717, 1.165) is 27.9 Å². The Balaban J connectivity index is 1.72. The molecule has 0 amide bonds. The second-order valence-electron chi connectivity index (χ2n) is 7.62. The van der Waals surface area contributed by atoms with Crippen LogP contribution >= 0.6 is 11.6 Å². The van der Waals surface area contributed by atoms with E-state index in [0.29, 0.717) is 27.7 Å². The standard InChI is InChI=1S/C26H16ClN5O/c27-19-13-11-16(12-14-19)20-15-21(17-7-3-1-4-8-17)28-23-22(20)25(33)32-24(30-31-26(32)29-23)18-9-5-2-6-10-18/h1-15H,(H,28,29,31). The fourth-order valence-corrected chi connectivity index (χ4v) is 4.13. The first-order chi connectivity index (χ1) is 16.2. The van der Waals surface area contributed by atoms with Crippen LogP contribution < -0.4 is 5.56 Å². The van der Waals surface area contributed by atoms with E-state index in [9.17, 15) is 4.79 Å². The van der Waals surface area contributed by atoms with Crippen LogP contribution in [0.2, 0.25) is 5.02 Å². The number of H-pyrrole nitrogens is 1. The van der Waals surface area contributed by atoms with Crippen molar-refractivity contribution in [2.24, 2.45) is 0 Å². The summed E-state index contributed by atoms with van der Waals surface area (Å²) in [6.07, 6.45) is 0. The van der Waals surface area contributed by atoms with E-state index < -0.39 is 0 Å². The van der Waals surface area contributed by atoms with Crippen molar-refractivity contribution >= 4 is 28.4 Å². The SMILES string of the molecule is O=c1c2c(-c3ccc(Cl)cc3)cc(-c3ccccc3)nc2nc2[nH]nc(-c3ccccc3)n12. The molecule has 3 aromatic carbocycles. The molecule has 0 bridgehead atoms. The number of nitrogens with one attached hydrogen (secondary N) is 1. The summed E-state index contributed by atoms with van der Waals surface area (Å²) in [4.78, 5) is 23.3. The van der Waals surface area contributed by atoms with Crippen molar-refractivity contribution in [1.82, 2.24) is 24.6 Å². The molecular formula is C26H16ClN5O. The molecule has 0 atom stereocenters. The number of benzene rings is 3. The maximum absolute atomic E-state index is 13.8. The highest BCUT2D eigenvalue weighted by Gasteiger charge is 2.19. The van der Waals surface area contributed by atoms with E-state index in [1.165, 1.54) is 4.40 Å². The summed E-state index contributed by atoms with van der Waals surface area (Å²) in [5, 5.41) is 8.31. The van der Waals surface area contributed by atoms with Crippen LogP contribution in [0.1, 0.15) is 0 Å². The zero-order valence-corrected chi connectivity index (χ0v) is 18.0. The van der Waals surface area contributed by atoms with Crippen molar-refractivity contribution < 1.29 is 0 Å². The number of nitrogens with zero attached hydrogens (tertiary/aromatic N) is 4. The first-order valence-corrected chi connectivity index (χ1v) is 10.8. The second-order valence-corrected chi connectivity index (χ2v) is 8.05. The number of aromatic nitrogens is 5. The highest BCUT2D eigenvalue weighted by Crippen LogP contribution is 2.31. The van der Waals surface area contributed by atoms with Crippen molar-refractivity contribution in [2.75, 3.05) is 0 Å². The van der Waals surface area contributed by atoms with Crippen LogP contribution in [-0.4, -0.2) is 24.6 Å². The third-order valence-electron chi connectivity index (χ3n) is 5.57. The van der Waals surface area contributed by atoms with Gasteiger partial charge in [0.15, 0.2) is 11.5 Å². The molecule has 6 rings (SSSR count). The average molecular weight is 450 g/mol. The van der Waals surface area contributed by atoms with Gasteiger partial charge in [-0.05, 0) is 23.8 Å². The number of hydrogen-bond acceptors (Lipinski definition) is 4. The van der Waals surface area contributed by atoms with Crippen molar-refractivity contribution in [3.05, 3.63) is 106 Å². The summed E-state index contributed by atoms with van der Waals surface area (Å²) < 4.78 is 1.50. The Hall–Kier alpha value is -4.29. The van der Waals surface area contributed by atoms with E-state index in [2.05, 4.69) is 15.2 Å². The molecule has 6 nitrogen and oxygen atoms in total. The van der Waals surface area contributed by atoms with Gasteiger partial charge >= 0.3 is 0 Å². The molecule has 0 saturated carbocycles. The number of fused-ring (bicyclic) bond motifs is 2. The summed E-state index contributed by atoms with van der Waals surface area (Å²) >= 11 is 6.12. The van der Waals surface area contributed by atoms with Gasteiger partial charge in [-0.1, -0.05) is 84.4 Å². The third-order valence-corrected chi connectivity index (χ3v) is 5.82. The number of hydrogen-bond donors (Lipinski definition) is 1. The lowest BCUT2D eigenvalue weighted by molar-refractivity contribution is 1.08. The topological polar surface area (TPSA) is 75.9 Å². The molecule has 1 N–H and O–H groups in total. The first-order valence-electron chi connectivity index (χ1n) is 10.4. The van der Waals surface area contributed by atoms with Gasteiger partial charge in [-0.2, -0.15) is 10.1 Å². The second kappa shape index (κ2) is 7.69. The molecular weight excluding hydrogens is 434 g/mol. The van der Waals surface area contributed by atoms with Gasteiger partial charge in [-0.15, -0.1) is 0 Å². The molecule has 0 aliphatic heterocycles. The van der Waals surface area contributed by atoms with Crippen LogP contribution in [0.15, 0.2) is 95.8 Å². The minimum absolute atomic E-state index is 0.236. The van der Waals surface area contributed by atoms with Gasteiger partial charge in [0.2, 0.25) is 5.78 Å². The van der Waals surface area contributed by atoms with Crippen molar-refractivity contribution in [2.45, 2.75) is 0 Å². The Morgan fingerprint density at radius 1 is 0.758 bits per heavy atom. The Morgan fingerprint density at radius 2 is 1.42 bits per heavy atom. The molecule has 3 aromatic heterocycles. The van der Waals surface area contributed by atoms with E-state index in [1.807, 2.05) is 91.0 Å². The molecule has 0 unspecified atom stereocenters. The molecule has 158 valence electrons. The van der Waals surface area contributed by atoms with Gasteiger partial charge < -0.3 is 0 Å². The predicted octanol–water partition coefficient (Wildman–Crippen LogP) is 5.62. The molecule has 0 aliphatic carbocycles. The van der Waals surface area contributed by atoms with Gasteiger partial charge in [0.1, 0.15) is 0 Å². The van der Waals surface area contributed by atoms with Crippen LogP contribution in [0.4, 0.5) is 0 Å². The van der Waals surface area contributed by atoms with Crippen molar-refractivity contribution in [3.63, 3.8) is 0 Å². The third kappa shape index (κ3) is 3.28. The number of rotatable bonds is 3. The number of pyridine rings is 1. The lowest BCUT2D eigenvalue weighted by Crippen LogP contribution is -2.17. The number of aromatic amines is 1. The maximum atomic E-state index is 13.8. The first kappa shape index (κ1) is 19.4. The zero-order valence-electron chi connectivity index (χ0n) is 17.2. The van der Waals surface area contributed by atoms with Crippen LogP contribution in [0.3, 0.4) is 0 Å². The van der Waals surface area contributed by atoms with Crippen LogP contribution in [0.25, 0.3) is 50.6 Å². The summed E-state index contributed by atoms with van der Waals surface area (Å²) in [6, 6.07) is 28.7. The Labute approximate surface area is 193 Å². The molecule has 0 aliphatic rings. The quantitative estimate of drug-likeness (QED) is 0.380. The Morgan fingerprint density at radius 3 is 2.12 bits per heavy atom. The zero-order chi connectivity index (χ0) is 22.4. The predicted molar refractivity (Wildman–Crippen MR) is 130 cm³/mol. The largest absolute Gasteiger partial charge is 0.270 e. The van der Waals surface area contributed by atoms with Gasteiger partial charge in [-0.3, -0.25) is 4.79 Å². The Kier molecular flexibility index (Phi) is 4.52. The van der Waals surface area contributed by atoms with Gasteiger partial charge in [0, 0.05) is 21.7 Å². The molecule has 0 fully saturated rings. The molecule has 6 aromatic rings. The normalized spacial score (nSPS) is 11.3. The van der Waals surface area contributed by atoms with E-state index in [4.69, 9.17) is 16.6 Å². The van der Waals surface area contributed by atoms with Crippen LogP contribution in [-0.2, 0) is 0 Å². The minimum atomic E-state index is -0.236. The molecule has 3 heterocycles. The van der Waals surface area contributed by atoms with E-state index >= 15 is 0 Å².